The van der Waals surface area contributed by atoms with Gasteiger partial charge in [-0.25, -0.2) is 4.79 Å². The number of esters is 1. The average molecular weight is 384 g/mol. The van der Waals surface area contributed by atoms with Crippen LogP contribution < -0.4 is 4.74 Å². The largest absolute Gasteiger partial charge is 0.512 e. The summed E-state index contributed by atoms with van der Waals surface area (Å²) in [6, 6.07) is 14.2. The van der Waals surface area contributed by atoms with Crippen molar-refractivity contribution in [3.8, 4) is 11.5 Å². The number of phenolic OH excluding ortho intramolecular Hbond substituents is 1. The zero-order valence-corrected chi connectivity index (χ0v) is 15.9. The van der Waals surface area contributed by atoms with Crippen LogP contribution in [0.2, 0.25) is 0 Å². The number of rotatable bonds is 6. The first-order valence-corrected chi connectivity index (χ1v) is 9.09. The lowest BCUT2D eigenvalue weighted by Crippen LogP contribution is -2.29. The molecule has 1 aliphatic heterocycles. The molecule has 148 valence electrons. The summed E-state index contributed by atoms with van der Waals surface area (Å²) in [4.78, 5) is 12.2. The lowest BCUT2D eigenvalue weighted by atomic mass is 9.93. The lowest BCUT2D eigenvalue weighted by Gasteiger charge is -2.31. The van der Waals surface area contributed by atoms with E-state index in [2.05, 4.69) is 0 Å². The van der Waals surface area contributed by atoms with Gasteiger partial charge in [-0.2, -0.15) is 0 Å². The SMILES string of the molecule is COC(=O)C1=C(O)C[C@H](CCc2ccc(O)cc2)O[C@H]1c1ccc(OC)cc1. The molecule has 1 aliphatic rings. The Kier molecular flexibility index (Phi) is 6.21. The second kappa shape index (κ2) is 8.80. The summed E-state index contributed by atoms with van der Waals surface area (Å²) in [5.41, 5.74) is 1.93. The van der Waals surface area contributed by atoms with Crippen molar-refractivity contribution in [1.29, 1.82) is 0 Å². The summed E-state index contributed by atoms with van der Waals surface area (Å²) >= 11 is 0. The number of benzene rings is 2. The number of hydrogen-bond donors (Lipinski definition) is 2. The van der Waals surface area contributed by atoms with Gasteiger partial charge in [0.1, 0.15) is 28.9 Å². The van der Waals surface area contributed by atoms with Gasteiger partial charge in [0.2, 0.25) is 0 Å². The molecule has 2 aromatic rings. The zero-order chi connectivity index (χ0) is 20.1. The Labute approximate surface area is 164 Å². The lowest BCUT2D eigenvalue weighted by molar-refractivity contribution is -0.139. The number of methoxy groups -OCH3 is 2. The number of aromatic hydroxyl groups is 1. The minimum atomic E-state index is -0.711. The van der Waals surface area contributed by atoms with Gasteiger partial charge in [0.05, 0.1) is 20.3 Å². The number of aryl methyl sites for hydroxylation is 1. The third-order valence-electron chi connectivity index (χ3n) is 4.84. The van der Waals surface area contributed by atoms with E-state index in [1.807, 2.05) is 24.3 Å². The quantitative estimate of drug-likeness (QED) is 0.736. The first-order chi connectivity index (χ1) is 13.5. The smallest absolute Gasteiger partial charge is 0.340 e. The summed E-state index contributed by atoms with van der Waals surface area (Å²) in [6.45, 7) is 0. The van der Waals surface area contributed by atoms with E-state index in [9.17, 15) is 15.0 Å². The van der Waals surface area contributed by atoms with E-state index in [0.717, 1.165) is 17.5 Å². The Hall–Kier alpha value is -2.99. The molecule has 0 saturated heterocycles. The number of carbonyl (C=O) groups excluding carboxylic acids is 1. The molecule has 6 nitrogen and oxygen atoms in total. The van der Waals surface area contributed by atoms with Crippen molar-refractivity contribution < 1.29 is 29.2 Å². The van der Waals surface area contributed by atoms with Gasteiger partial charge in [0.15, 0.2) is 0 Å². The molecule has 0 spiro atoms. The van der Waals surface area contributed by atoms with Crippen LogP contribution >= 0.6 is 0 Å². The van der Waals surface area contributed by atoms with E-state index >= 15 is 0 Å². The maximum atomic E-state index is 12.2. The van der Waals surface area contributed by atoms with Crippen molar-refractivity contribution in [1.82, 2.24) is 0 Å². The Morgan fingerprint density at radius 3 is 2.36 bits per heavy atom. The van der Waals surface area contributed by atoms with Crippen LogP contribution in [0.4, 0.5) is 0 Å². The van der Waals surface area contributed by atoms with Gasteiger partial charge in [-0.05, 0) is 48.2 Å². The molecule has 0 aliphatic carbocycles. The van der Waals surface area contributed by atoms with Crippen molar-refractivity contribution in [2.75, 3.05) is 14.2 Å². The topological polar surface area (TPSA) is 85.2 Å². The van der Waals surface area contributed by atoms with Crippen LogP contribution in [0.15, 0.2) is 59.9 Å². The molecule has 0 radical (unpaired) electrons. The monoisotopic (exact) mass is 384 g/mol. The van der Waals surface area contributed by atoms with Crippen molar-refractivity contribution in [2.24, 2.45) is 0 Å². The van der Waals surface area contributed by atoms with Crippen LogP contribution in [0, 0.1) is 0 Å². The van der Waals surface area contributed by atoms with Gasteiger partial charge < -0.3 is 24.4 Å². The summed E-state index contributed by atoms with van der Waals surface area (Å²) < 4.78 is 16.2. The molecule has 0 bridgehead atoms. The summed E-state index contributed by atoms with van der Waals surface area (Å²) in [5.74, 6) is 0.307. The highest BCUT2D eigenvalue weighted by Crippen LogP contribution is 2.37. The molecule has 0 amide bonds. The predicted molar refractivity (Wildman–Crippen MR) is 103 cm³/mol. The number of aliphatic hydroxyl groups is 1. The molecule has 0 unspecified atom stereocenters. The minimum Gasteiger partial charge on any atom is -0.512 e. The highest BCUT2D eigenvalue weighted by atomic mass is 16.5. The molecule has 2 aromatic carbocycles. The fraction of sp³-hybridized carbons (Fsp3) is 0.318. The Morgan fingerprint density at radius 1 is 1.07 bits per heavy atom. The minimum absolute atomic E-state index is 0.00498. The van der Waals surface area contributed by atoms with Crippen LogP contribution in [0.25, 0.3) is 0 Å². The van der Waals surface area contributed by atoms with Crippen LogP contribution in [0.3, 0.4) is 0 Å². The van der Waals surface area contributed by atoms with Crippen LogP contribution in [0.1, 0.15) is 30.1 Å². The van der Waals surface area contributed by atoms with Crippen molar-refractivity contribution in [3.63, 3.8) is 0 Å². The standard InChI is InChI=1S/C22H24O6/c1-26-17-11-6-15(7-12-17)21-20(22(25)27-2)19(24)13-18(28-21)10-5-14-3-8-16(23)9-4-14/h3-4,6-9,11-12,18,21,23-24H,5,10,13H2,1-2H3/t18-,21-/m0/s1. The molecular formula is C22H24O6. The highest BCUT2D eigenvalue weighted by Gasteiger charge is 2.35. The molecule has 0 fully saturated rings. The Balaban J connectivity index is 1.81. The number of aliphatic hydroxyl groups excluding tert-OH is 1. The van der Waals surface area contributed by atoms with Crippen molar-refractivity contribution in [3.05, 3.63) is 71.0 Å². The molecule has 0 saturated carbocycles. The normalized spacial score (nSPS) is 19.4. The molecule has 2 atom stereocenters. The number of phenols is 1. The van der Waals surface area contributed by atoms with Crippen molar-refractivity contribution >= 4 is 5.97 Å². The first kappa shape index (κ1) is 19.8. The third kappa shape index (κ3) is 4.46. The molecular weight excluding hydrogens is 360 g/mol. The maximum Gasteiger partial charge on any atom is 0.340 e. The fourth-order valence-electron chi connectivity index (χ4n) is 3.30. The Morgan fingerprint density at radius 2 is 1.75 bits per heavy atom. The second-order valence-electron chi connectivity index (χ2n) is 6.67. The van der Waals surface area contributed by atoms with Gasteiger partial charge >= 0.3 is 5.97 Å². The third-order valence-corrected chi connectivity index (χ3v) is 4.84. The number of carbonyl (C=O) groups is 1. The molecule has 1 heterocycles. The highest BCUT2D eigenvalue weighted by molar-refractivity contribution is 5.90. The maximum absolute atomic E-state index is 12.2. The zero-order valence-electron chi connectivity index (χ0n) is 15.9. The van der Waals surface area contributed by atoms with Crippen LogP contribution in [-0.4, -0.2) is 36.5 Å². The second-order valence-corrected chi connectivity index (χ2v) is 6.67. The summed E-state index contributed by atoms with van der Waals surface area (Å²) in [6.07, 6.45) is 0.665. The van der Waals surface area contributed by atoms with Crippen molar-refractivity contribution in [2.45, 2.75) is 31.5 Å². The van der Waals surface area contributed by atoms with Gasteiger partial charge in [-0.3, -0.25) is 0 Å². The first-order valence-electron chi connectivity index (χ1n) is 9.09. The molecule has 0 aromatic heterocycles. The fourth-order valence-corrected chi connectivity index (χ4v) is 3.30. The van der Waals surface area contributed by atoms with E-state index in [4.69, 9.17) is 14.2 Å². The van der Waals surface area contributed by atoms with E-state index in [0.29, 0.717) is 12.2 Å². The summed E-state index contributed by atoms with van der Waals surface area (Å²) in [7, 11) is 2.86. The van der Waals surface area contributed by atoms with E-state index < -0.39 is 12.1 Å². The predicted octanol–water partition coefficient (Wildman–Crippen LogP) is 3.85. The van der Waals surface area contributed by atoms with Crippen LogP contribution in [-0.2, 0) is 20.7 Å². The number of hydrogen-bond acceptors (Lipinski definition) is 6. The van der Waals surface area contributed by atoms with Crippen LogP contribution in [0.5, 0.6) is 11.5 Å². The average Bonchev–Trinajstić information content (AvgIpc) is 2.72. The van der Waals surface area contributed by atoms with Gasteiger partial charge in [-0.15, -0.1) is 0 Å². The van der Waals surface area contributed by atoms with E-state index in [1.54, 1.807) is 31.4 Å². The van der Waals surface area contributed by atoms with E-state index in [-0.39, 0.29) is 29.6 Å². The Bertz CT molecular complexity index is 838. The van der Waals surface area contributed by atoms with Gasteiger partial charge in [0.25, 0.3) is 0 Å². The molecule has 6 heteroatoms. The molecule has 3 rings (SSSR count). The summed E-state index contributed by atoms with van der Waals surface area (Å²) in [5, 5.41) is 19.9. The van der Waals surface area contributed by atoms with Gasteiger partial charge in [-0.1, -0.05) is 24.3 Å². The van der Waals surface area contributed by atoms with E-state index in [1.165, 1.54) is 7.11 Å². The molecule has 2 N–H and O–H groups in total. The molecule has 28 heavy (non-hydrogen) atoms. The van der Waals surface area contributed by atoms with Gasteiger partial charge in [0, 0.05) is 6.42 Å². The number of ether oxygens (including phenoxy) is 3.